The highest BCUT2D eigenvalue weighted by Gasteiger charge is 2.26. The van der Waals surface area contributed by atoms with Crippen LogP contribution < -0.4 is 5.73 Å². The summed E-state index contributed by atoms with van der Waals surface area (Å²) in [5, 5.41) is 0. The van der Waals surface area contributed by atoms with E-state index in [0.717, 1.165) is 30.7 Å². The van der Waals surface area contributed by atoms with Gasteiger partial charge in [-0.15, -0.1) is 0 Å². The van der Waals surface area contributed by atoms with E-state index in [9.17, 15) is 4.39 Å². The number of halogens is 2. The lowest BCUT2D eigenvalue weighted by atomic mass is 10.0. The van der Waals surface area contributed by atoms with Gasteiger partial charge in [0.15, 0.2) is 0 Å². The number of benzene rings is 1. The Balaban J connectivity index is 2.09. The zero-order valence-electron chi connectivity index (χ0n) is 12.1. The third kappa shape index (κ3) is 3.58. The fourth-order valence-corrected chi connectivity index (χ4v) is 3.14. The molecule has 1 fully saturated rings. The van der Waals surface area contributed by atoms with Crippen LogP contribution in [0.1, 0.15) is 25.5 Å². The van der Waals surface area contributed by atoms with E-state index in [-0.39, 0.29) is 11.9 Å². The van der Waals surface area contributed by atoms with Gasteiger partial charge in [0.2, 0.25) is 0 Å². The Kier molecular flexibility index (Phi) is 5.55. The summed E-state index contributed by atoms with van der Waals surface area (Å²) in [7, 11) is 0. The van der Waals surface area contributed by atoms with Crippen LogP contribution in [0.5, 0.6) is 0 Å². The second-order valence-electron chi connectivity index (χ2n) is 5.58. The van der Waals surface area contributed by atoms with Crippen LogP contribution in [0.3, 0.4) is 0 Å². The Labute approximate surface area is 129 Å². The maximum atomic E-state index is 14.1. The van der Waals surface area contributed by atoms with Gasteiger partial charge in [-0.2, -0.15) is 0 Å². The van der Waals surface area contributed by atoms with E-state index in [2.05, 4.69) is 39.6 Å². The number of rotatable bonds is 4. The summed E-state index contributed by atoms with van der Waals surface area (Å²) in [5.74, 6) is -0.180. The molecule has 112 valence electrons. The largest absolute Gasteiger partial charge is 0.329 e. The molecule has 2 N–H and O–H groups in total. The highest BCUT2D eigenvalue weighted by atomic mass is 79.9. The predicted octanol–water partition coefficient (Wildman–Crippen LogP) is 2.61. The first-order chi connectivity index (χ1) is 9.52. The quantitative estimate of drug-likeness (QED) is 0.911. The fraction of sp³-hybridized carbons (Fsp3) is 0.600. The molecule has 1 atom stereocenters. The fourth-order valence-electron chi connectivity index (χ4n) is 2.81. The number of hydrogen-bond acceptors (Lipinski definition) is 3. The van der Waals surface area contributed by atoms with Crippen molar-refractivity contribution in [3.05, 3.63) is 34.1 Å². The summed E-state index contributed by atoms with van der Waals surface area (Å²) in [6.07, 6.45) is 0. The van der Waals surface area contributed by atoms with Gasteiger partial charge in [0.25, 0.3) is 0 Å². The predicted molar refractivity (Wildman–Crippen MR) is 84.2 cm³/mol. The van der Waals surface area contributed by atoms with E-state index in [1.165, 1.54) is 6.07 Å². The summed E-state index contributed by atoms with van der Waals surface area (Å²) in [4.78, 5) is 4.74. The molecule has 1 unspecified atom stereocenters. The van der Waals surface area contributed by atoms with Gasteiger partial charge in [-0.3, -0.25) is 9.80 Å². The molecule has 20 heavy (non-hydrogen) atoms. The van der Waals surface area contributed by atoms with Gasteiger partial charge >= 0.3 is 0 Å². The SMILES string of the molecule is CC(C)N1CCN(C(CN)c2ccc(Br)cc2F)CC1. The van der Waals surface area contributed by atoms with Gasteiger partial charge in [-0.05, 0) is 26.0 Å². The normalized spacial score (nSPS) is 19.5. The molecular formula is C15H23BrFN3. The lowest BCUT2D eigenvalue weighted by molar-refractivity contribution is 0.0791. The molecular weight excluding hydrogens is 321 g/mol. The molecule has 1 aromatic carbocycles. The first kappa shape index (κ1) is 15.9. The monoisotopic (exact) mass is 343 g/mol. The Morgan fingerprint density at radius 3 is 2.30 bits per heavy atom. The second-order valence-corrected chi connectivity index (χ2v) is 6.50. The highest BCUT2D eigenvalue weighted by Crippen LogP contribution is 2.26. The first-order valence-corrected chi connectivity index (χ1v) is 7.95. The molecule has 5 heteroatoms. The highest BCUT2D eigenvalue weighted by molar-refractivity contribution is 9.10. The van der Waals surface area contributed by atoms with Gasteiger partial charge in [0, 0.05) is 48.8 Å². The molecule has 1 aliphatic rings. The van der Waals surface area contributed by atoms with E-state index in [1.807, 2.05) is 12.1 Å². The lowest BCUT2D eigenvalue weighted by Gasteiger charge is -2.40. The van der Waals surface area contributed by atoms with E-state index in [4.69, 9.17) is 5.73 Å². The Bertz CT molecular complexity index is 445. The Morgan fingerprint density at radius 1 is 1.20 bits per heavy atom. The Morgan fingerprint density at radius 2 is 1.80 bits per heavy atom. The minimum absolute atomic E-state index is 0.0302. The van der Waals surface area contributed by atoms with Gasteiger partial charge < -0.3 is 5.73 Å². The van der Waals surface area contributed by atoms with Crippen LogP contribution in [0.2, 0.25) is 0 Å². The number of nitrogens with two attached hydrogens (primary N) is 1. The minimum atomic E-state index is -0.180. The van der Waals surface area contributed by atoms with Crippen molar-refractivity contribution in [3.63, 3.8) is 0 Å². The van der Waals surface area contributed by atoms with Crippen LogP contribution in [-0.2, 0) is 0 Å². The maximum absolute atomic E-state index is 14.1. The molecule has 1 heterocycles. The molecule has 0 spiro atoms. The average molecular weight is 344 g/mol. The smallest absolute Gasteiger partial charge is 0.129 e. The Hall–Kier alpha value is -0.490. The van der Waals surface area contributed by atoms with Crippen molar-refractivity contribution in [2.45, 2.75) is 25.9 Å². The molecule has 0 saturated carbocycles. The summed E-state index contributed by atoms with van der Waals surface area (Å²) < 4.78 is 14.9. The number of hydrogen-bond donors (Lipinski definition) is 1. The van der Waals surface area contributed by atoms with Crippen LogP contribution in [0.15, 0.2) is 22.7 Å². The molecule has 0 radical (unpaired) electrons. The molecule has 0 aliphatic carbocycles. The van der Waals surface area contributed by atoms with Crippen LogP contribution in [0.4, 0.5) is 4.39 Å². The van der Waals surface area contributed by atoms with Gasteiger partial charge in [-0.25, -0.2) is 4.39 Å². The van der Waals surface area contributed by atoms with Crippen molar-refractivity contribution in [1.82, 2.24) is 9.80 Å². The van der Waals surface area contributed by atoms with E-state index in [1.54, 1.807) is 0 Å². The van der Waals surface area contributed by atoms with E-state index >= 15 is 0 Å². The summed E-state index contributed by atoms with van der Waals surface area (Å²) in [5.41, 5.74) is 6.61. The molecule has 1 aromatic rings. The van der Waals surface area contributed by atoms with Crippen LogP contribution in [0, 0.1) is 5.82 Å². The molecule has 3 nitrogen and oxygen atoms in total. The second kappa shape index (κ2) is 6.98. The van der Waals surface area contributed by atoms with Crippen molar-refractivity contribution in [2.24, 2.45) is 5.73 Å². The first-order valence-electron chi connectivity index (χ1n) is 7.16. The minimum Gasteiger partial charge on any atom is -0.329 e. The number of nitrogens with zero attached hydrogens (tertiary/aromatic N) is 2. The molecule has 2 rings (SSSR count). The van der Waals surface area contributed by atoms with Crippen LogP contribution >= 0.6 is 15.9 Å². The van der Waals surface area contributed by atoms with Gasteiger partial charge in [0.05, 0.1) is 6.04 Å². The zero-order chi connectivity index (χ0) is 14.7. The summed E-state index contributed by atoms with van der Waals surface area (Å²) in [6.45, 7) is 8.79. The third-order valence-electron chi connectivity index (χ3n) is 4.06. The van der Waals surface area contributed by atoms with Crippen molar-refractivity contribution in [1.29, 1.82) is 0 Å². The standard InChI is InChI=1S/C15H23BrFN3/c1-11(2)19-5-7-20(8-6-19)15(10-18)13-4-3-12(16)9-14(13)17/h3-4,9,11,15H,5-8,10,18H2,1-2H3. The average Bonchev–Trinajstić information content (AvgIpc) is 2.42. The van der Waals surface area contributed by atoms with E-state index < -0.39 is 0 Å². The molecule has 0 bridgehead atoms. The maximum Gasteiger partial charge on any atom is 0.129 e. The van der Waals surface area contributed by atoms with Crippen molar-refractivity contribution < 1.29 is 4.39 Å². The summed E-state index contributed by atoms with van der Waals surface area (Å²) in [6, 6.07) is 5.77. The van der Waals surface area contributed by atoms with Gasteiger partial charge in [0.1, 0.15) is 5.82 Å². The topological polar surface area (TPSA) is 32.5 Å². The van der Waals surface area contributed by atoms with Gasteiger partial charge in [-0.1, -0.05) is 22.0 Å². The van der Waals surface area contributed by atoms with Crippen LogP contribution in [0.25, 0.3) is 0 Å². The molecule has 1 saturated heterocycles. The number of piperazine rings is 1. The third-order valence-corrected chi connectivity index (χ3v) is 4.56. The van der Waals surface area contributed by atoms with E-state index in [0.29, 0.717) is 18.2 Å². The summed E-state index contributed by atoms with van der Waals surface area (Å²) >= 11 is 3.30. The molecule has 1 aliphatic heterocycles. The van der Waals surface area contributed by atoms with Crippen molar-refractivity contribution in [3.8, 4) is 0 Å². The zero-order valence-corrected chi connectivity index (χ0v) is 13.7. The van der Waals surface area contributed by atoms with Crippen LogP contribution in [-0.4, -0.2) is 48.6 Å². The van der Waals surface area contributed by atoms with Crippen molar-refractivity contribution >= 4 is 15.9 Å². The lowest BCUT2D eigenvalue weighted by Crippen LogP contribution is -2.51. The van der Waals surface area contributed by atoms with Crippen molar-refractivity contribution in [2.75, 3.05) is 32.7 Å². The molecule has 0 amide bonds. The molecule has 0 aromatic heterocycles.